The molecule has 0 spiro atoms. The first-order valence-electron chi connectivity index (χ1n) is 6.65. The highest BCUT2D eigenvalue weighted by molar-refractivity contribution is 5.78. The quantitative estimate of drug-likeness (QED) is 0.564. The number of halogens is 6. The van der Waals surface area contributed by atoms with Crippen molar-refractivity contribution >= 4 is 5.97 Å². The molecule has 1 aliphatic carbocycles. The van der Waals surface area contributed by atoms with Crippen LogP contribution in [-0.4, -0.2) is 24.4 Å². The lowest BCUT2D eigenvalue weighted by Gasteiger charge is -2.47. The Kier molecular flexibility index (Phi) is 4.90. The van der Waals surface area contributed by atoms with Crippen LogP contribution >= 0.6 is 0 Å². The number of hydrogen-bond acceptors (Lipinski definition) is 2. The lowest BCUT2D eigenvalue weighted by atomic mass is 9.57. The summed E-state index contributed by atoms with van der Waals surface area (Å²) in [5, 5.41) is 0. The highest BCUT2D eigenvalue weighted by Crippen LogP contribution is 2.52. The molecule has 0 amide bonds. The van der Waals surface area contributed by atoms with Crippen LogP contribution in [0.1, 0.15) is 40.0 Å². The van der Waals surface area contributed by atoms with E-state index >= 15 is 0 Å². The zero-order valence-electron chi connectivity index (χ0n) is 11.9. The minimum atomic E-state index is -5.67. The normalized spacial score (nSPS) is 26.9. The third kappa shape index (κ3) is 3.83. The molecule has 0 heterocycles. The van der Waals surface area contributed by atoms with E-state index in [2.05, 4.69) is 4.74 Å². The molecule has 0 radical (unpaired) electrons. The number of carbonyl (C=O) groups is 1. The van der Waals surface area contributed by atoms with Gasteiger partial charge in [-0.3, -0.25) is 4.79 Å². The zero-order valence-corrected chi connectivity index (χ0v) is 11.9. The van der Waals surface area contributed by atoms with E-state index in [1.807, 2.05) is 0 Å². The van der Waals surface area contributed by atoms with Gasteiger partial charge in [0.25, 0.3) is 6.10 Å². The first-order valence-corrected chi connectivity index (χ1v) is 6.65. The minimum absolute atomic E-state index is 0.0319. The van der Waals surface area contributed by atoms with Crippen molar-refractivity contribution in [3.05, 3.63) is 0 Å². The third-order valence-corrected chi connectivity index (χ3v) is 3.97. The van der Waals surface area contributed by atoms with Crippen LogP contribution in [-0.2, 0) is 9.53 Å². The van der Waals surface area contributed by atoms with Crippen molar-refractivity contribution in [2.75, 3.05) is 0 Å². The Morgan fingerprint density at radius 1 is 1.19 bits per heavy atom. The van der Waals surface area contributed by atoms with Crippen molar-refractivity contribution in [1.29, 1.82) is 0 Å². The van der Waals surface area contributed by atoms with E-state index in [4.69, 9.17) is 0 Å². The summed E-state index contributed by atoms with van der Waals surface area (Å²) in [5.74, 6) is -1.71. The first-order chi connectivity index (χ1) is 9.30. The number of rotatable bonds is 4. The largest absolute Gasteiger partial charge is 0.442 e. The second-order valence-corrected chi connectivity index (χ2v) is 6.06. The van der Waals surface area contributed by atoms with Crippen LogP contribution in [0.3, 0.4) is 0 Å². The summed E-state index contributed by atoms with van der Waals surface area (Å²) in [6, 6.07) is 0. The highest BCUT2D eigenvalue weighted by Gasteiger charge is 2.62. The first kappa shape index (κ1) is 18.1. The molecular weight excluding hydrogens is 302 g/mol. The Bertz CT molecular complexity index is 373. The molecule has 1 saturated carbocycles. The van der Waals surface area contributed by atoms with Crippen molar-refractivity contribution in [2.24, 2.45) is 17.3 Å². The van der Waals surface area contributed by atoms with E-state index in [9.17, 15) is 31.1 Å². The average molecular weight is 320 g/mol. The van der Waals surface area contributed by atoms with Gasteiger partial charge in [0.2, 0.25) is 0 Å². The predicted octanol–water partition coefficient (Wildman–Crippen LogP) is 4.49. The lowest BCUT2D eigenvalue weighted by Crippen LogP contribution is -2.53. The van der Waals surface area contributed by atoms with Gasteiger partial charge in [-0.25, -0.2) is 0 Å². The van der Waals surface area contributed by atoms with Crippen LogP contribution in [0.2, 0.25) is 0 Å². The van der Waals surface area contributed by atoms with Gasteiger partial charge < -0.3 is 4.74 Å². The maximum absolute atomic E-state index is 12.4. The molecule has 0 bridgehead atoms. The van der Waals surface area contributed by atoms with Gasteiger partial charge in [0.05, 0.1) is 5.41 Å². The second-order valence-electron chi connectivity index (χ2n) is 6.06. The molecule has 8 heteroatoms. The molecule has 0 saturated heterocycles. The fourth-order valence-corrected chi connectivity index (χ4v) is 2.74. The molecule has 21 heavy (non-hydrogen) atoms. The van der Waals surface area contributed by atoms with Crippen molar-refractivity contribution in [3.8, 4) is 0 Å². The molecule has 0 aromatic carbocycles. The van der Waals surface area contributed by atoms with Crippen LogP contribution in [0.15, 0.2) is 0 Å². The second kappa shape index (κ2) is 5.68. The van der Waals surface area contributed by atoms with Crippen molar-refractivity contribution in [1.82, 2.24) is 0 Å². The summed E-state index contributed by atoms with van der Waals surface area (Å²) >= 11 is 0. The predicted molar refractivity (Wildman–Crippen MR) is 62.3 cm³/mol. The fourth-order valence-electron chi connectivity index (χ4n) is 2.74. The van der Waals surface area contributed by atoms with Crippen LogP contribution in [0, 0.1) is 17.3 Å². The average Bonchev–Trinajstić information content (AvgIpc) is 2.27. The maximum Gasteiger partial charge on any atom is 0.434 e. The van der Waals surface area contributed by atoms with Gasteiger partial charge in [0.15, 0.2) is 0 Å². The topological polar surface area (TPSA) is 26.3 Å². The number of carbonyl (C=O) groups excluding carboxylic acids is 1. The Morgan fingerprint density at radius 2 is 1.67 bits per heavy atom. The van der Waals surface area contributed by atoms with Crippen LogP contribution < -0.4 is 0 Å². The molecule has 0 aromatic rings. The molecule has 1 aliphatic rings. The summed E-state index contributed by atoms with van der Waals surface area (Å²) in [5.41, 5.74) is -1.23. The SMILES string of the molecule is CC(C)CC1(C(=O)OC(C(F)(F)F)C(F)(F)F)CCC1C. The summed E-state index contributed by atoms with van der Waals surface area (Å²) in [7, 11) is 0. The molecule has 2 nitrogen and oxygen atoms in total. The van der Waals surface area contributed by atoms with Gasteiger partial charge >= 0.3 is 18.3 Å². The number of ether oxygens (including phenoxy) is 1. The molecule has 0 N–H and O–H groups in total. The van der Waals surface area contributed by atoms with E-state index in [1.165, 1.54) is 0 Å². The van der Waals surface area contributed by atoms with Gasteiger partial charge in [-0.2, -0.15) is 26.3 Å². The summed E-state index contributed by atoms with van der Waals surface area (Å²) in [6.07, 6.45) is -14.3. The van der Waals surface area contributed by atoms with Crippen molar-refractivity contribution < 1.29 is 35.9 Å². The summed E-state index contributed by atoms with van der Waals surface area (Å²) in [4.78, 5) is 12.0. The molecule has 2 unspecified atom stereocenters. The number of hydrogen-bond donors (Lipinski definition) is 0. The van der Waals surface area contributed by atoms with Gasteiger partial charge in [0.1, 0.15) is 0 Å². The zero-order chi connectivity index (χ0) is 16.6. The van der Waals surface area contributed by atoms with E-state index in [-0.39, 0.29) is 24.7 Å². The minimum Gasteiger partial charge on any atom is -0.442 e. The van der Waals surface area contributed by atoms with Gasteiger partial charge in [-0.15, -0.1) is 0 Å². The van der Waals surface area contributed by atoms with E-state index in [0.717, 1.165) is 0 Å². The molecule has 1 rings (SSSR count). The maximum atomic E-state index is 12.4. The molecule has 124 valence electrons. The third-order valence-electron chi connectivity index (χ3n) is 3.97. The molecule has 2 atom stereocenters. The molecule has 0 aliphatic heterocycles. The summed E-state index contributed by atoms with van der Waals surface area (Å²) in [6.45, 7) is 5.15. The van der Waals surface area contributed by atoms with Crippen LogP contribution in [0.4, 0.5) is 26.3 Å². The van der Waals surface area contributed by atoms with Crippen molar-refractivity contribution in [3.63, 3.8) is 0 Å². The van der Waals surface area contributed by atoms with Gasteiger partial charge in [0, 0.05) is 0 Å². The van der Waals surface area contributed by atoms with Gasteiger partial charge in [-0.05, 0) is 31.1 Å². The standard InChI is InChI=1S/C13H18F6O2/c1-7(2)6-11(5-4-8(11)3)10(20)21-9(12(14,15)16)13(17,18)19/h7-9H,4-6H2,1-3H3. The molecule has 0 aromatic heterocycles. The summed E-state index contributed by atoms with van der Waals surface area (Å²) < 4.78 is 78.6. The number of alkyl halides is 6. The van der Waals surface area contributed by atoms with E-state index < -0.39 is 29.8 Å². The Balaban J connectivity index is 2.95. The van der Waals surface area contributed by atoms with E-state index in [1.54, 1.807) is 20.8 Å². The fraction of sp³-hybridized carbons (Fsp3) is 0.923. The Labute approximate surface area is 118 Å². The smallest absolute Gasteiger partial charge is 0.434 e. The Morgan fingerprint density at radius 3 is 1.90 bits per heavy atom. The monoisotopic (exact) mass is 320 g/mol. The Hall–Kier alpha value is -0.950. The van der Waals surface area contributed by atoms with E-state index in [0.29, 0.717) is 6.42 Å². The highest BCUT2D eigenvalue weighted by atomic mass is 19.4. The number of esters is 1. The lowest BCUT2D eigenvalue weighted by molar-refractivity contribution is -0.317. The molecule has 1 fully saturated rings. The van der Waals surface area contributed by atoms with Crippen LogP contribution in [0.5, 0.6) is 0 Å². The van der Waals surface area contributed by atoms with Crippen molar-refractivity contribution in [2.45, 2.75) is 58.5 Å². The van der Waals surface area contributed by atoms with Crippen LogP contribution in [0.25, 0.3) is 0 Å². The van der Waals surface area contributed by atoms with Gasteiger partial charge in [-0.1, -0.05) is 20.8 Å². The molecular formula is C13H18F6O2.